The number of ether oxygens (including phenoxy) is 1. The minimum Gasteiger partial charge on any atom is -0.376 e. The first-order valence-corrected chi connectivity index (χ1v) is 6.99. The lowest BCUT2D eigenvalue weighted by atomic mass is 9.73. The molecule has 1 aromatic heterocycles. The highest BCUT2D eigenvalue weighted by Crippen LogP contribution is 2.44. The molecule has 2 heterocycles. The second kappa shape index (κ2) is 4.56. The second-order valence-corrected chi connectivity index (χ2v) is 5.74. The summed E-state index contributed by atoms with van der Waals surface area (Å²) in [4.78, 5) is 22.7. The van der Waals surface area contributed by atoms with Gasteiger partial charge in [0.05, 0.1) is 11.3 Å². The largest absolute Gasteiger partial charge is 0.376 e. The normalized spacial score (nSPS) is 23.9. The summed E-state index contributed by atoms with van der Waals surface area (Å²) < 4.78 is 5.65. The number of rotatable bonds is 2. The van der Waals surface area contributed by atoms with Gasteiger partial charge in [-0.05, 0) is 37.8 Å². The number of halogens is 1. The molecule has 1 saturated carbocycles. The Labute approximate surface area is 122 Å². The van der Waals surface area contributed by atoms with Crippen LogP contribution in [-0.2, 0) is 9.53 Å². The molecule has 7 heteroatoms. The smallest absolute Gasteiger partial charge is 0.250 e. The van der Waals surface area contributed by atoms with Gasteiger partial charge < -0.3 is 15.0 Å². The quantitative estimate of drug-likeness (QED) is 0.842. The predicted octanol–water partition coefficient (Wildman–Crippen LogP) is 1.76. The van der Waals surface area contributed by atoms with Gasteiger partial charge in [0.2, 0.25) is 11.2 Å². The zero-order chi connectivity index (χ0) is 14.5. The number of carbonyl (C=O) groups excluding carboxylic acids is 1. The fourth-order valence-electron chi connectivity index (χ4n) is 3.12. The van der Waals surface area contributed by atoms with E-state index >= 15 is 0 Å². The number of fused-ring (bicyclic) bond motifs is 1. The van der Waals surface area contributed by atoms with Crippen molar-refractivity contribution in [3.63, 3.8) is 0 Å². The Morgan fingerprint density at radius 1 is 1.45 bits per heavy atom. The lowest BCUT2D eigenvalue weighted by Gasteiger charge is -2.50. The summed E-state index contributed by atoms with van der Waals surface area (Å²) in [6.07, 6.45) is 2.82. The molecule has 0 unspecified atom stereocenters. The Bertz CT molecular complexity index is 568. The highest BCUT2D eigenvalue weighted by Gasteiger charge is 2.52. The average Bonchev–Trinajstić information content (AvgIpc) is 2.34. The van der Waals surface area contributed by atoms with Gasteiger partial charge in [-0.1, -0.05) is 0 Å². The van der Waals surface area contributed by atoms with Crippen molar-refractivity contribution in [3.8, 4) is 0 Å². The van der Waals surface area contributed by atoms with E-state index in [1.165, 1.54) is 0 Å². The summed E-state index contributed by atoms with van der Waals surface area (Å²) in [6.45, 7) is 1.80. The van der Waals surface area contributed by atoms with Crippen LogP contribution in [0.3, 0.4) is 0 Å². The molecule has 6 nitrogen and oxygen atoms in total. The minimum absolute atomic E-state index is 0.0735. The van der Waals surface area contributed by atoms with Gasteiger partial charge in [0, 0.05) is 14.2 Å². The van der Waals surface area contributed by atoms with Gasteiger partial charge in [0.25, 0.3) is 0 Å². The average molecular weight is 297 g/mol. The summed E-state index contributed by atoms with van der Waals surface area (Å²) in [7, 11) is 3.51. The van der Waals surface area contributed by atoms with E-state index in [0.29, 0.717) is 17.2 Å². The third-order valence-corrected chi connectivity index (χ3v) is 4.54. The number of hydrogen-bond acceptors (Lipinski definition) is 5. The van der Waals surface area contributed by atoms with Gasteiger partial charge in [-0.2, -0.15) is 4.98 Å². The van der Waals surface area contributed by atoms with Crippen LogP contribution in [0.5, 0.6) is 0 Å². The lowest BCUT2D eigenvalue weighted by Crippen LogP contribution is -2.63. The molecule has 0 spiro atoms. The van der Waals surface area contributed by atoms with Crippen molar-refractivity contribution in [1.82, 2.24) is 9.97 Å². The molecule has 1 fully saturated rings. The molecule has 1 aliphatic heterocycles. The summed E-state index contributed by atoms with van der Waals surface area (Å²) in [6, 6.07) is -0.390. The van der Waals surface area contributed by atoms with Crippen molar-refractivity contribution >= 4 is 29.0 Å². The third-order valence-electron chi connectivity index (χ3n) is 4.37. The zero-order valence-electron chi connectivity index (χ0n) is 11.7. The van der Waals surface area contributed by atoms with Crippen LogP contribution in [-0.4, -0.2) is 41.7 Å². The molecule has 1 N–H and O–H groups in total. The molecular formula is C13H17ClN4O2. The number of likely N-dealkylation sites (N-methyl/N-ethyl adjacent to an activating group) is 1. The lowest BCUT2D eigenvalue weighted by molar-refractivity contribution is -0.135. The summed E-state index contributed by atoms with van der Waals surface area (Å²) >= 11 is 5.93. The molecule has 1 aromatic rings. The van der Waals surface area contributed by atoms with Gasteiger partial charge in [-0.3, -0.25) is 4.79 Å². The number of methoxy groups -OCH3 is 1. The van der Waals surface area contributed by atoms with Crippen molar-refractivity contribution in [2.24, 2.45) is 0 Å². The molecule has 20 heavy (non-hydrogen) atoms. The van der Waals surface area contributed by atoms with Crippen LogP contribution in [0.25, 0.3) is 0 Å². The maximum absolute atomic E-state index is 12.5. The molecule has 0 radical (unpaired) electrons. The minimum atomic E-state index is -0.429. The first kappa shape index (κ1) is 13.6. The highest BCUT2D eigenvalue weighted by molar-refractivity contribution is 6.28. The molecule has 2 aliphatic rings. The van der Waals surface area contributed by atoms with E-state index in [1.54, 1.807) is 14.0 Å². The maximum Gasteiger partial charge on any atom is 0.250 e. The van der Waals surface area contributed by atoms with Crippen LogP contribution in [0.1, 0.15) is 25.0 Å². The number of carbonyl (C=O) groups is 1. The second-order valence-electron chi connectivity index (χ2n) is 5.40. The first-order chi connectivity index (χ1) is 9.48. The van der Waals surface area contributed by atoms with Crippen LogP contribution in [0.2, 0.25) is 5.28 Å². The van der Waals surface area contributed by atoms with E-state index in [2.05, 4.69) is 15.3 Å². The Hall–Kier alpha value is -1.40. The van der Waals surface area contributed by atoms with E-state index in [4.69, 9.17) is 16.3 Å². The van der Waals surface area contributed by atoms with E-state index in [0.717, 1.165) is 19.3 Å². The zero-order valence-corrected chi connectivity index (χ0v) is 12.5. The van der Waals surface area contributed by atoms with Crippen LogP contribution in [0, 0.1) is 6.92 Å². The van der Waals surface area contributed by atoms with E-state index in [-0.39, 0.29) is 17.2 Å². The molecule has 1 amide bonds. The number of anilines is 2. The number of aromatic nitrogens is 2. The predicted molar refractivity (Wildman–Crippen MR) is 76.2 cm³/mol. The number of nitrogens with zero attached hydrogens (tertiary/aromatic N) is 3. The fraction of sp³-hybridized carbons (Fsp3) is 0.615. The SMILES string of the molecule is COC1([C@H]2C(=O)Nc3c(C)nc(Cl)nc3N2C)CCC1. The molecule has 3 rings (SSSR count). The van der Waals surface area contributed by atoms with Gasteiger partial charge in [-0.25, -0.2) is 4.98 Å². The molecule has 1 aliphatic carbocycles. The van der Waals surface area contributed by atoms with Crippen LogP contribution < -0.4 is 10.2 Å². The number of nitrogens with one attached hydrogen (secondary N) is 1. The molecule has 0 saturated heterocycles. The molecule has 108 valence electrons. The van der Waals surface area contributed by atoms with Crippen molar-refractivity contribution in [3.05, 3.63) is 11.0 Å². The Morgan fingerprint density at radius 2 is 2.15 bits per heavy atom. The van der Waals surface area contributed by atoms with Crippen LogP contribution in [0.4, 0.5) is 11.5 Å². The van der Waals surface area contributed by atoms with E-state index < -0.39 is 5.60 Å². The molecule has 0 aromatic carbocycles. The monoisotopic (exact) mass is 296 g/mol. The van der Waals surface area contributed by atoms with E-state index in [9.17, 15) is 4.79 Å². The van der Waals surface area contributed by atoms with Crippen molar-refractivity contribution in [1.29, 1.82) is 0 Å². The molecule has 0 bridgehead atoms. The third kappa shape index (κ3) is 1.78. The van der Waals surface area contributed by atoms with Gasteiger partial charge >= 0.3 is 0 Å². The van der Waals surface area contributed by atoms with Gasteiger partial charge in [0.15, 0.2) is 5.82 Å². The van der Waals surface area contributed by atoms with E-state index in [1.807, 2.05) is 11.9 Å². The summed E-state index contributed by atoms with van der Waals surface area (Å²) in [5, 5.41) is 3.08. The molecule has 1 atom stereocenters. The van der Waals surface area contributed by atoms with Gasteiger partial charge in [0.1, 0.15) is 11.7 Å². The Morgan fingerprint density at radius 3 is 2.70 bits per heavy atom. The summed E-state index contributed by atoms with van der Waals surface area (Å²) in [5.74, 6) is 0.575. The van der Waals surface area contributed by atoms with Crippen molar-refractivity contribution in [2.75, 3.05) is 24.4 Å². The van der Waals surface area contributed by atoms with Crippen molar-refractivity contribution < 1.29 is 9.53 Å². The highest BCUT2D eigenvalue weighted by atomic mass is 35.5. The number of aryl methyl sites for hydroxylation is 1. The molecular weight excluding hydrogens is 280 g/mol. The van der Waals surface area contributed by atoms with Gasteiger partial charge in [-0.15, -0.1) is 0 Å². The topological polar surface area (TPSA) is 67.3 Å². The Kier molecular flexibility index (Phi) is 3.10. The Balaban J connectivity index is 2.06. The standard InChI is InChI=1S/C13H17ClN4O2/c1-7-8-10(17-12(14)15-7)18(2)9(11(19)16-8)13(20-3)5-4-6-13/h9H,4-6H2,1-3H3,(H,16,19)/t9-/m1/s1. The van der Waals surface area contributed by atoms with Crippen molar-refractivity contribution in [2.45, 2.75) is 37.8 Å². The maximum atomic E-state index is 12.5. The van der Waals surface area contributed by atoms with Crippen LogP contribution in [0.15, 0.2) is 0 Å². The van der Waals surface area contributed by atoms with Crippen LogP contribution >= 0.6 is 11.6 Å². The fourth-order valence-corrected chi connectivity index (χ4v) is 3.33. The summed E-state index contributed by atoms with van der Waals surface area (Å²) in [5.41, 5.74) is 0.865. The number of hydrogen-bond donors (Lipinski definition) is 1. The number of amides is 1. The first-order valence-electron chi connectivity index (χ1n) is 6.61.